The van der Waals surface area contributed by atoms with Crippen LogP contribution in [-0.4, -0.2) is 35.4 Å². The molecule has 2 aromatic rings. The molecule has 0 aliphatic carbocycles. The molecule has 1 amide bonds. The molecule has 2 N–H and O–H groups in total. The van der Waals surface area contributed by atoms with Gasteiger partial charge in [-0.15, -0.1) is 0 Å². The van der Waals surface area contributed by atoms with E-state index in [2.05, 4.69) is 28.5 Å². The Morgan fingerprint density at radius 2 is 2.11 bits per heavy atom. The van der Waals surface area contributed by atoms with Gasteiger partial charge in [0, 0.05) is 36.7 Å². The summed E-state index contributed by atoms with van der Waals surface area (Å²) in [6, 6.07) is 8.28. The molecular weight excluding hydrogens is 238 g/mol. The van der Waals surface area contributed by atoms with E-state index in [-0.39, 0.29) is 5.91 Å². The van der Waals surface area contributed by atoms with Crippen molar-refractivity contribution < 1.29 is 4.79 Å². The fourth-order valence-electron chi connectivity index (χ4n) is 2.69. The third kappa shape index (κ3) is 2.63. The molecule has 1 aliphatic rings. The Hall–Kier alpha value is -1.81. The summed E-state index contributed by atoms with van der Waals surface area (Å²) in [4.78, 5) is 17.1. The summed E-state index contributed by atoms with van der Waals surface area (Å²) >= 11 is 0. The molecule has 0 atom stereocenters. The molecular formula is C15H19N3O. The molecule has 0 saturated carbocycles. The topological polar surface area (TPSA) is 48.1 Å². The molecule has 0 spiro atoms. The summed E-state index contributed by atoms with van der Waals surface area (Å²) in [5.41, 5.74) is 2.37. The molecule has 1 fully saturated rings. The Bertz CT molecular complexity index is 570. The summed E-state index contributed by atoms with van der Waals surface area (Å²) in [6.07, 6.45) is 4.24. The van der Waals surface area contributed by atoms with E-state index in [4.69, 9.17) is 0 Å². The lowest BCUT2D eigenvalue weighted by molar-refractivity contribution is -0.129. The van der Waals surface area contributed by atoms with Crippen molar-refractivity contribution >= 4 is 16.8 Å². The Labute approximate surface area is 112 Å². The number of aromatic amines is 1. The minimum Gasteiger partial charge on any atom is -0.361 e. The normalized spacial score (nSPS) is 15.3. The van der Waals surface area contributed by atoms with Gasteiger partial charge in [-0.05, 0) is 30.5 Å². The summed E-state index contributed by atoms with van der Waals surface area (Å²) in [5, 5.41) is 4.48. The van der Waals surface area contributed by atoms with Crippen molar-refractivity contribution in [1.29, 1.82) is 0 Å². The van der Waals surface area contributed by atoms with Crippen LogP contribution in [0.15, 0.2) is 30.5 Å². The largest absolute Gasteiger partial charge is 0.361 e. The number of likely N-dealkylation sites (tertiary alicyclic amines) is 1. The number of carbonyl (C=O) groups is 1. The van der Waals surface area contributed by atoms with Crippen LogP contribution in [0.2, 0.25) is 0 Å². The first kappa shape index (κ1) is 12.2. The fourth-order valence-corrected chi connectivity index (χ4v) is 2.69. The van der Waals surface area contributed by atoms with Gasteiger partial charge in [0.1, 0.15) is 0 Å². The molecule has 0 unspecified atom stereocenters. The van der Waals surface area contributed by atoms with Gasteiger partial charge in [-0.2, -0.15) is 0 Å². The molecule has 1 aromatic heterocycles. The zero-order valence-corrected chi connectivity index (χ0v) is 11.0. The zero-order chi connectivity index (χ0) is 13.1. The van der Waals surface area contributed by atoms with Gasteiger partial charge >= 0.3 is 0 Å². The SMILES string of the molecule is O=C(CNCc1cccc2[nH]ccc12)N1CCCC1. The number of rotatable bonds is 4. The third-order valence-corrected chi connectivity index (χ3v) is 3.74. The zero-order valence-electron chi connectivity index (χ0n) is 11.0. The standard InChI is InChI=1S/C15H19N3O/c19-15(18-8-1-2-9-18)11-16-10-12-4-3-5-14-13(12)6-7-17-14/h3-7,16-17H,1-2,8-11H2. The van der Waals surface area contributed by atoms with E-state index >= 15 is 0 Å². The van der Waals surface area contributed by atoms with Crippen LogP contribution in [-0.2, 0) is 11.3 Å². The van der Waals surface area contributed by atoms with E-state index in [0.717, 1.165) is 38.0 Å². The van der Waals surface area contributed by atoms with E-state index in [1.54, 1.807) is 0 Å². The van der Waals surface area contributed by atoms with E-state index < -0.39 is 0 Å². The Kier molecular flexibility index (Phi) is 3.51. The predicted molar refractivity (Wildman–Crippen MR) is 75.8 cm³/mol. The monoisotopic (exact) mass is 257 g/mol. The summed E-state index contributed by atoms with van der Waals surface area (Å²) in [5.74, 6) is 0.221. The summed E-state index contributed by atoms with van der Waals surface area (Å²) in [7, 11) is 0. The first-order valence-corrected chi connectivity index (χ1v) is 6.88. The highest BCUT2D eigenvalue weighted by Crippen LogP contribution is 2.17. The minimum atomic E-state index is 0.221. The number of benzene rings is 1. The maximum Gasteiger partial charge on any atom is 0.236 e. The van der Waals surface area contributed by atoms with E-state index in [1.165, 1.54) is 10.9 Å². The van der Waals surface area contributed by atoms with Crippen molar-refractivity contribution in [2.24, 2.45) is 0 Å². The van der Waals surface area contributed by atoms with Crippen molar-refractivity contribution in [1.82, 2.24) is 15.2 Å². The molecule has 1 aromatic carbocycles. The van der Waals surface area contributed by atoms with Gasteiger partial charge in [0.25, 0.3) is 0 Å². The second kappa shape index (κ2) is 5.45. The van der Waals surface area contributed by atoms with Crippen molar-refractivity contribution in [2.45, 2.75) is 19.4 Å². The van der Waals surface area contributed by atoms with Crippen molar-refractivity contribution in [3.05, 3.63) is 36.0 Å². The third-order valence-electron chi connectivity index (χ3n) is 3.74. The number of aromatic nitrogens is 1. The maximum absolute atomic E-state index is 11.9. The molecule has 4 heteroatoms. The fraction of sp³-hybridized carbons (Fsp3) is 0.400. The predicted octanol–water partition coefficient (Wildman–Crippen LogP) is 1.88. The van der Waals surface area contributed by atoms with Crippen molar-refractivity contribution in [2.75, 3.05) is 19.6 Å². The molecule has 1 saturated heterocycles. The number of carbonyl (C=O) groups excluding carboxylic acids is 1. The first-order chi connectivity index (χ1) is 9.34. The van der Waals surface area contributed by atoms with Gasteiger partial charge in [0.05, 0.1) is 6.54 Å². The smallest absolute Gasteiger partial charge is 0.236 e. The highest BCUT2D eigenvalue weighted by molar-refractivity contribution is 5.83. The maximum atomic E-state index is 11.9. The Morgan fingerprint density at radius 1 is 1.26 bits per heavy atom. The molecule has 100 valence electrons. The lowest BCUT2D eigenvalue weighted by atomic mass is 10.1. The van der Waals surface area contributed by atoms with Crippen LogP contribution in [0.5, 0.6) is 0 Å². The second-order valence-corrected chi connectivity index (χ2v) is 5.05. The highest BCUT2D eigenvalue weighted by Gasteiger charge is 2.16. The van der Waals surface area contributed by atoms with Crippen LogP contribution >= 0.6 is 0 Å². The molecule has 3 rings (SSSR count). The molecule has 4 nitrogen and oxygen atoms in total. The van der Waals surface area contributed by atoms with Crippen LogP contribution in [0.25, 0.3) is 10.9 Å². The second-order valence-electron chi connectivity index (χ2n) is 5.05. The van der Waals surface area contributed by atoms with Crippen LogP contribution < -0.4 is 5.32 Å². The first-order valence-electron chi connectivity index (χ1n) is 6.88. The van der Waals surface area contributed by atoms with Gasteiger partial charge in [-0.25, -0.2) is 0 Å². The number of hydrogen-bond acceptors (Lipinski definition) is 2. The van der Waals surface area contributed by atoms with Gasteiger partial charge in [-0.1, -0.05) is 12.1 Å². The van der Waals surface area contributed by atoms with E-state index in [1.807, 2.05) is 17.2 Å². The van der Waals surface area contributed by atoms with Gasteiger partial charge in [0.2, 0.25) is 5.91 Å². The van der Waals surface area contributed by atoms with Crippen LogP contribution in [0.4, 0.5) is 0 Å². The lowest BCUT2D eigenvalue weighted by Crippen LogP contribution is -2.35. The number of fused-ring (bicyclic) bond motifs is 1. The van der Waals surface area contributed by atoms with Crippen LogP contribution in [0.1, 0.15) is 18.4 Å². The number of hydrogen-bond donors (Lipinski definition) is 2. The Balaban J connectivity index is 1.57. The average Bonchev–Trinajstić information content (AvgIpc) is 3.10. The lowest BCUT2D eigenvalue weighted by Gasteiger charge is -2.15. The minimum absolute atomic E-state index is 0.221. The summed E-state index contributed by atoms with van der Waals surface area (Å²) in [6.45, 7) is 3.01. The molecule has 2 heterocycles. The Morgan fingerprint density at radius 3 is 2.95 bits per heavy atom. The highest BCUT2D eigenvalue weighted by atomic mass is 16.2. The van der Waals surface area contributed by atoms with Crippen molar-refractivity contribution in [3.8, 4) is 0 Å². The molecule has 0 bridgehead atoms. The van der Waals surface area contributed by atoms with Crippen LogP contribution in [0.3, 0.4) is 0 Å². The number of amides is 1. The number of H-pyrrole nitrogens is 1. The van der Waals surface area contributed by atoms with Crippen LogP contribution in [0, 0.1) is 0 Å². The average molecular weight is 257 g/mol. The molecule has 0 radical (unpaired) electrons. The number of nitrogens with zero attached hydrogens (tertiary/aromatic N) is 1. The number of nitrogens with one attached hydrogen (secondary N) is 2. The van der Waals surface area contributed by atoms with E-state index in [0.29, 0.717) is 6.54 Å². The summed E-state index contributed by atoms with van der Waals surface area (Å²) < 4.78 is 0. The molecule has 19 heavy (non-hydrogen) atoms. The van der Waals surface area contributed by atoms with Gasteiger partial charge < -0.3 is 15.2 Å². The van der Waals surface area contributed by atoms with E-state index in [9.17, 15) is 4.79 Å². The van der Waals surface area contributed by atoms with Crippen molar-refractivity contribution in [3.63, 3.8) is 0 Å². The van der Waals surface area contributed by atoms with Gasteiger partial charge in [0.15, 0.2) is 0 Å². The molecule has 1 aliphatic heterocycles. The quantitative estimate of drug-likeness (QED) is 0.878. The van der Waals surface area contributed by atoms with Gasteiger partial charge in [-0.3, -0.25) is 4.79 Å².